The van der Waals surface area contributed by atoms with Crippen molar-refractivity contribution in [3.05, 3.63) is 22.7 Å². The molecule has 0 spiro atoms. The van der Waals surface area contributed by atoms with Crippen molar-refractivity contribution in [3.8, 4) is 0 Å². The zero-order valence-corrected chi connectivity index (χ0v) is 14.3. The number of hydrogen-bond acceptors (Lipinski definition) is 4. The van der Waals surface area contributed by atoms with E-state index in [1.54, 1.807) is 26.1 Å². The first-order chi connectivity index (χ1) is 9.70. The quantitative estimate of drug-likeness (QED) is 0.775. The number of anilines is 1. The molecule has 1 aromatic rings. The molecule has 1 fully saturated rings. The van der Waals surface area contributed by atoms with Crippen LogP contribution in [-0.2, 0) is 14.8 Å². The minimum absolute atomic E-state index is 0.128. The molecule has 0 bridgehead atoms. The summed E-state index contributed by atoms with van der Waals surface area (Å²) in [6.45, 7) is 2.25. The Morgan fingerprint density at radius 1 is 1.48 bits per heavy atom. The van der Waals surface area contributed by atoms with E-state index < -0.39 is 15.4 Å². The van der Waals surface area contributed by atoms with Gasteiger partial charge in [0, 0.05) is 30.3 Å². The Kier molecular flexibility index (Phi) is 4.32. The van der Waals surface area contributed by atoms with Crippen LogP contribution >= 0.6 is 15.9 Å². The Bertz CT molecular complexity index is 677. The average Bonchev–Trinajstić information content (AvgIpc) is 2.85. The number of nitrogens with two attached hydrogens (primary N) is 1. The first kappa shape index (κ1) is 16.3. The molecule has 0 aromatic heterocycles. The first-order valence-corrected chi connectivity index (χ1v) is 8.71. The van der Waals surface area contributed by atoms with Gasteiger partial charge in [-0.25, -0.2) is 8.42 Å². The molecule has 1 aliphatic rings. The largest absolute Gasteiger partial charge is 0.399 e. The van der Waals surface area contributed by atoms with Gasteiger partial charge in [-0.05, 0) is 47.5 Å². The number of sulfonamides is 1. The topological polar surface area (TPSA) is 92.5 Å². The maximum absolute atomic E-state index is 12.7. The summed E-state index contributed by atoms with van der Waals surface area (Å²) in [5, 5.41) is 2.59. The molecular formula is C13H18BrN3O3S. The van der Waals surface area contributed by atoms with E-state index in [0.29, 0.717) is 23.1 Å². The summed E-state index contributed by atoms with van der Waals surface area (Å²) >= 11 is 3.24. The van der Waals surface area contributed by atoms with Crippen LogP contribution in [-0.4, -0.2) is 38.8 Å². The maximum atomic E-state index is 12.7. The highest BCUT2D eigenvalue weighted by Gasteiger charge is 2.44. The minimum Gasteiger partial charge on any atom is -0.399 e. The molecule has 1 amide bonds. The molecule has 1 atom stereocenters. The summed E-state index contributed by atoms with van der Waals surface area (Å²) in [6.07, 6.45) is 0.492. The summed E-state index contributed by atoms with van der Waals surface area (Å²) < 4.78 is 27.2. The van der Waals surface area contributed by atoms with E-state index in [-0.39, 0.29) is 17.3 Å². The molecule has 116 valence electrons. The Morgan fingerprint density at radius 3 is 2.76 bits per heavy atom. The number of carbonyl (C=O) groups excluding carboxylic acids is 1. The summed E-state index contributed by atoms with van der Waals surface area (Å²) in [5.74, 6) is -0.146. The molecule has 3 N–H and O–H groups in total. The van der Waals surface area contributed by atoms with E-state index in [9.17, 15) is 13.2 Å². The molecule has 0 radical (unpaired) electrons. The predicted octanol–water partition coefficient (Wildman–Crippen LogP) is 1.18. The number of benzene rings is 1. The van der Waals surface area contributed by atoms with Crippen LogP contribution in [0.4, 0.5) is 5.69 Å². The lowest BCUT2D eigenvalue weighted by atomic mass is 9.89. The van der Waals surface area contributed by atoms with Crippen molar-refractivity contribution in [1.82, 2.24) is 9.62 Å². The highest BCUT2D eigenvalue weighted by atomic mass is 79.9. The van der Waals surface area contributed by atoms with Crippen LogP contribution in [0, 0.1) is 5.41 Å². The van der Waals surface area contributed by atoms with E-state index in [4.69, 9.17) is 5.73 Å². The van der Waals surface area contributed by atoms with Crippen molar-refractivity contribution in [3.63, 3.8) is 0 Å². The second-order valence-electron chi connectivity index (χ2n) is 5.42. The minimum atomic E-state index is -3.68. The van der Waals surface area contributed by atoms with E-state index in [1.807, 2.05) is 0 Å². The molecule has 1 heterocycles. The summed E-state index contributed by atoms with van der Waals surface area (Å²) in [7, 11) is -2.12. The number of nitrogens with zero attached hydrogens (tertiary/aromatic N) is 1. The second-order valence-corrected chi connectivity index (χ2v) is 8.18. The van der Waals surface area contributed by atoms with Crippen molar-refractivity contribution in [2.45, 2.75) is 18.2 Å². The number of nitrogen functional groups attached to an aromatic ring is 1. The van der Waals surface area contributed by atoms with Crippen LogP contribution in [0.25, 0.3) is 0 Å². The van der Waals surface area contributed by atoms with Crippen LogP contribution in [0.15, 0.2) is 27.6 Å². The lowest BCUT2D eigenvalue weighted by molar-refractivity contribution is -0.128. The van der Waals surface area contributed by atoms with Crippen molar-refractivity contribution >= 4 is 37.5 Å². The fourth-order valence-corrected chi connectivity index (χ4v) is 4.99. The highest BCUT2D eigenvalue weighted by Crippen LogP contribution is 2.35. The molecule has 6 nitrogen and oxygen atoms in total. The lowest BCUT2D eigenvalue weighted by Gasteiger charge is -2.23. The van der Waals surface area contributed by atoms with Gasteiger partial charge in [0.05, 0.1) is 10.3 Å². The van der Waals surface area contributed by atoms with Crippen molar-refractivity contribution in [2.75, 3.05) is 25.9 Å². The SMILES string of the molecule is CNC(=O)C1(C)CCN(S(=O)(=O)c2cc(N)ccc2Br)C1. The Balaban J connectivity index is 2.34. The van der Waals surface area contributed by atoms with Gasteiger partial charge in [0.1, 0.15) is 0 Å². The van der Waals surface area contributed by atoms with Gasteiger partial charge in [-0.2, -0.15) is 4.31 Å². The van der Waals surface area contributed by atoms with Crippen LogP contribution in [0.1, 0.15) is 13.3 Å². The molecule has 21 heavy (non-hydrogen) atoms. The fraction of sp³-hybridized carbons (Fsp3) is 0.462. The smallest absolute Gasteiger partial charge is 0.244 e. The maximum Gasteiger partial charge on any atom is 0.244 e. The third-order valence-electron chi connectivity index (χ3n) is 3.79. The number of carbonyl (C=O) groups is 1. The molecule has 1 unspecified atom stereocenters. The predicted molar refractivity (Wildman–Crippen MR) is 84.1 cm³/mol. The molecular weight excluding hydrogens is 358 g/mol. The number of rotatable bonds is 3. The second kappa shape index (κ2) is 5.58. The van der Waals surface area contributed by atoms with E-state index in [1.165, 1.54) is 10.4 Å². The van der Waals surface area contributed by atoms with Crippen LogP contribution in [0.2, 0.25) is 0 Å². The molecule has 2 rings (SSSR count). The van der Waals surface area contributed by atoms with Gasteiger partial charge in [0.25, 0.3) is 0 Å². The van der Waals surface area contributed by atoms with Crippen LogP contribution < -0.4 is 11.1 Å². The monoisotopic (exact) mass is 375 g/mol. The first-order valence-electron chi connectivity index (χ1n) is 6.48. The van der Waals surface area contributed by atoms with Gasteiger partial charge in [0.15, 0.2) is 0 Å². The number of amides is 1. The number of halogens is 1. The third kappa shape index (κ3) is 2.93. The Hall–Kier alpha value is -1.12. The average molecular weight is 376 g/mol. The Morgan fingerprint density at radius 2 is 2.14 bits per heavy atom. The van der Waals surface area contributed by atoms with Gasteiger partial charge in [-0.3, -0.25) is 4.79 Å². The van der Waals surface area contributed by atoms with Gasteiger partial charge in [-0.15, -0.1) is 0 Å². The highest BCUT2D eigenvalue weighted by molar-refractivity contribution is 9.10. The van der Waals surface area contributed by atoms with Gasteiger partial charge >= 0.3 is 0 Å². The Labute approximate surface area is 132 Å². The zero-order valence-electron chi connectivity index (χ0n) is 11.9. The summed E-state index contributed by atoms with van der Waals surface area (Å²) in [4.78, 5) is 12.0. The van der Waals surface area contributed by atoms with Crippen LogP contribution in [0.3, 0.4) is 0 Å². The normalized spacial score (nSPS) is 23.2. The van der Waals surface area contributed by atoms with E-state index in [0.717, 1.165) is 0 Å². The molecule has 0 saturated carbocycles. The van der Waals surface area contributed by atoms with Crippen molar-refractivity contribution in [2.24, 2.45) is 5.41 Å². The number of nitrogens with one attached hydrogen (secondary N) is 1. The standard InChI is InChI=1S/C13H18BrN3O3S/c1-13(12(18)16-2)5-6-17(8-13)21(19,20)11-7-9(15)3-4-10(11)14/h3-4,7H,5-6,8,15H2,1-2H3,(H,16,18). The van der Waals surface area contributed by atoms with Crippen molar-refractivity contribution < 1.29 is 13.2 Å². The fourth-order valence-electron chi connectivity index (χ4n) is 2.47. The molecule has 0 aliphatic carbocycles. The molecule has 1 aromatic carbocycles. The third-order valence-corrected chi connectivity index (χ3v) is 6.63. The van der Waals surface area contributed by atoms with Gasteiger partial charge in [-0.1, -0.05) is 0 Å². The lowest BCUT2D eigenvalue weighted by Crippen LogP contribution is -2.40. The molecule has 1 aliphatic heterocycles. The molecule has 8 heteroatoms. The summed E-state index contributed by atoms with van der Waals surface area (Å²) in [6, 6.07) is 4.66. The van der Waals surface area contributed by atoms with Crippen molar-refractivity contribution in [1.29, 1.82) is 0 Å². The van der Waals surface area contributed by atoms with E-state index in [2.05, 4.69) is 21.2 Å². The number of hydrogen-bond donors (Lipinski definition) is 2. The van der Waals surface area contributed by atoms with Gasteiger partial charge < -0.3 is 11.1 Å². The van der Waals surface area contributed by atoms with Crippen LogP contribution in [0.5, 0.6) is 0 Å². The van der Waals surface area contributed by atoms with Gasteiger partial charge in [0.2, 0.25) is 15.9 Å². The van der Waals surface area contributed by atoms with E-state index >= 15 is 0 Å². The zero-order chi connectivity index (χ0) is 15.8. The summed E-state index contributed by atoms with van der Waals surface area (Å²) in [5.41, 5.74) is 5.36. The molecule has 1 saturated heterocycles.